The highest BCUT2D eigenvalue weighted by Gasteiger charge is 2.22. The number of ether oxygens (including phenoxy) is 2. The van der Waals surface area contributed by atoms with Crippen molar-refractivity contribution in [3.63, 3.8) is 0 Å². The second kappa shape index (κ2) is 10.00. The van der Waals surface area contributed by atoms with Gasteiger partial charge in [-0.2, -0.15) is 0 Å². The van der Waals surface area contributed by atoms with Crippen molar-refractivity contribution in [2.75, 3.05) is 6.61 Å². The smallest absolute Gasteiger partial charge is 0.330 e. The molecule has 114 valence electrons. The van der Waals surface area contributed by atoms with E-state index in [2.05, 4.69) is 5.32 Å². The van der Waals surface area contributed by atoms with Crippen molar-refractivity contribution < 1.29 is 23.9 Å². The Morgan fingerprint density at radius 3 is 2.30 bits per heavy atom. The van der Waals surface area contributed by atoms with Gasteiger partial charge < -0.3 is 14.8 Å². The van der Waals surface area contributed by atoms with Crippen LogP contribution in [-0.2, 0) is 23.9 Å². The monoisotopic (exact) mass is 285 g/mol. The van der Waals surface area contributed by atoms with E-state index in [1.165, 1.54) is 26.0 Å². The predicted molar refractivity (Wildman–Crippen MR) is 73.8 cm³/mol. The van der Waals surface area contributed by atoms with Gasteiger partial charge in [-0.25, -0.2) is 4.79 Å². The Morgan fingerprint density at radius 1 is 1.20 bits per heavy atom. The number of esters is 2. The summed E-state index contributed by atoms with van der Waals surface area (Å²) in [6.45, 7) is 6.59. The Balaban J connectivity index is 4.92. The predicted octanol–water partition coefficient (Wildman–Crippen LogP) is 1.34. The van der Waals surface area contributed by atoms with Crippen LogP contribution in [0.25, 0.3) is 0 Å². The SMILES string of the molecule is CCC[C@@H](NC(C)=O)[C@@H](/C=C/C(=O)OCC)OC(C)=O. The summed E-state index contributed by atoms with van der Waals surface area (Å²) < 4.78 is 9.91. The summed E-state index contributed by atoms with van der Waals surface area (Å²) in [6, 6.07) is -0.368. The van der Waals surface area contributed by atoms with E-state index in [0.717, 1.165) is 6.42 Å². The molecule has 1 N–H and O–H groups in total. The second-order valence-corrected chi connectivity index (χ2v) is 4.28. The van der Waals surface area contributed by atoms with Crippen molar-refractivity contribution in [3.05, 3.63) is 12.2 Å². The third-order valence-electron chi connectivity index (χ3n) is 2.40. The molecule has 0 aromatic rings. The van der Waals surface area contributed by atoms with Gasteiger partial charge in [0.15, 0.2) is 0 Å². The second-order valence-electron chi connectivity index (χ2n) is 4.28. The Kier molecular flexibility index (Phi) is 9.07. The van der Waals surface area contributed by atoms with Crippen molar-refractivity contribution in [2.24, 2.45) is 0 Å². The fraction of sp³-hybridized carbons (Fsp3) is 0.643. The van der Waals surface area contributed by atoms with Gasteiger partial charge in [-0.05, 0) is 19.4 Å². The van der Waals surface area contributed by atoms with Crippen molar-refractivity contribution in [1.29, 1.82) is 0 Å². The molecular formula is C14H23NO5. The number of nitrogens with one attached hydrogen (secondary N) is 1. The molecule has 6 heteroatoms. The van der Waals surface area contributed by atoms with Crippen LogP contribution in [0.15, 0.2) is 12.2 Å². The summed E-state index contributed by atoms with van der Waals surface area (Å²) in [5.74, 6) is -1.21. The van der Waals surface area contributed by atoms with E-state index in [1.54, 1.807) is 6.92 Å². The number of amides is 1. The first-order valence-electron chi connectivity index (χ1n) is 6.69. The third-order valence-corrected chi connectivity index (χ3v) is 2.40. The zero-order valence-electron chi connectivity index (χ0n) is 12.5. The highest BCUT2D eigenvalue weighted by molar-refractivity contribution is 5.82. The van der Waals surface area contributed by atoms with Gasteiger partial charge in [-0.3, -0.25) is 9.59 Å². The molecule has 0 bridgehead atoms. The van der Waals surface area contributed by atoms with Crippen LogP contribution in [0.2, 0.25) is 0 Å². The Hall–Kier alpha value is -1.85. The Labute approximate surface area is 119 Å². The van der Waals surface area contributed by atoms with Crippen LogP contribution in [0.4, 0.5) is 0 Å². The fourth-order valence-corrected chi connectivity index (χ4v) is 1.70. The van der Waals surface area contributed by atoms with E-state index in [4.69, 9.17) is 9.47 Å². The fourth-order valence-electron chi connectivity index (χ4n) is 1.70. The molecule has 2 atom stereocenters. The van der Waals surface area contributed by atoms with Gasteiger partial charge in [0.05, 0.1) is 12.6 Å². The van der Waals surface area contributed by atoms with E-state index in [1.807, 2.05) is 6.92 Å². The maximum atomic E-state index is 11.3. The van der Waals surface area contributed by atoms with Crippen molar-refractivity contribution in [1.82, 2.24) is 5.32 Å². The van der Waals surface area contributed by atoms with Gasteiger partial charge in [0, 0.05) is 19.9 Å². The number of hydrogen-bond acceptors (Lipinski definition) is 5. The molecule has 0 rings (SSSR count). The van der Waals surface area contributed by atoms with E-state index < -0.39 is 18.0 Å². The van der Waals surface area contributed by atoms with Crippen LogP contribution in [0, 0.1) is 0 Å². The molecule has 0 saturated heterocycles. The van der Waals surface area contributed by atoms with E-state index >= 15 is 0 Å². The lowest BCUT2D eigenvalue weighted by atomic mass is 10.0. The van der Waals surface area contributed by atoms with Crippen LogP contribution >= 0.6 is 0 Å². The van der Waals surface area contributed by atoms with Crippen LogP contribution in [-0.4, -0.2) is 36.6 Å². The van der Waals surface area contributed by atoms with E-state index in [-0.39, 0.29) is 18.6 Å². The van der Waals surface area contributed by atoms with Gasteiger partial charge in [-0.1, -0.05) is 13.3 Å². The number of hydrogen-bond donors (Lipinski definition) is 1. The molecular weight excluding hydrogens is 262 g/mol. The highest BCUT2D eigenvalue weighted by Crippen LogP contribution is 2.09. The zero-order chi connectivity index (χ0) is 15.5. The quantitative estimate of drug-likeness (QED) is 0.537. The summed E-state index contributed by atoms with van der Waals surface area (Å²) in [6.07, 6.45) is 3.39. The first-order valence-corrected chi connectivity index (χ1v) is 6.69. The highest BCUT2D eigenvalue weighted by atomic mass is 16.5. The molecule has 0 spiro atoms. The summed E-state index contributed by atoms with van der Waals surface area (Å²) in [5, 5.41) is 2.72. The number of rotatable bonds is 8. The molecule has 0 fully saturated rings. The first kappa shape index (κ1) is 18.1. The molecule has 1 amide bonds. The average molecular weight is 285 g/mol. The molecule has 0 unspecified atom stereocenters. The topological polar surface area (TPSA) is 81.7 Å². The van der Waals surface area contributed by atoms with Gasteiger partial charge in [0.25, 0.3) is 0 Å². The van der Waals surface area contributed by atoms with E-state index in [0.29, 0.717) is 6.42 Å². The van der Waals surface area contributed by atoms with Crippen LogP contribution < -0.4 is 5.32 Å². The lowest BCUT2D eigenvalue weighted by Crippen LogP contribution is -2.43. The summed E-state index contributed by atoms with van der Waals surface area (Å²) in [4.78, 5) is 33.6. The van der Waals surface area contributed by atoms with Crippen molar-refractivity contribution in [2.45, 2.75) is 52.7 Å². The van der Waals surface area contributed by atoms with Crippen molar-refractivity contribution in [3.8, 4) is 0 Å². The molecule has 6 nitrogen and oxygen atoms in total. The van der Waals surface area contributed by atoms with Crippen LogP contribution in [0.3, 0.4) is 0 Å². The largest absolute Gasteiger partial charge is 0.463 e. The van der Waals surface area contributed by atoms with E-state index in [9.17, 15) is 14.4 Å². The minimum atomic E-state index is -0.694. The molecule has 0 aliphatic rings. The third kappa shape index (κ3) is 8.29. The molecule has 0 aliphatic heterocycles. The molecule has 20 heavy (non-hydrogen) atoms. The van der Waals surface area contributed by atoms with Crippen molar-refractivity contribution >= 4 is 17.8 Å². The Morgan fingerprint density at radius 2 is 1.85 bits per heavy atom. The molecule has 0 heterocycles. The van der Waals surface area contributed by atoms with Gasteiger partial charge in [-0.15, -0.1) is 0 Å². The minimum absolute atomic E-state index is 0.217. The normalized spacial score (nSPS) is 13.6. The maximum absolute atomic E-state index is 11.3. The summed E-state index contributed by atoms with van der Waals surface area (Å²) >= 11 is 0. The summed E-state index contributed by atoms with van der Waals surface area (Å²) in [7, 11) is 0. The van der Waals surface area contributed by atoms with Crippen LogP contribution in [0.1, 0.15) is 40.5 Å². The maximum Gasteiger partial charge on any atom is 0.330 e. The van der Waals surface area contributed by atoms with Gasteiger partial charge in [0.2, 0.25) is 5.91 Å². The standard InChI is InChI=1S/C14H23NO5/c1-5-7-12(15-10(3)16)13(20-11(4)17)8-9-14(18)19-6-2/h8-9,12-13H,5-7H2,1-4H3,(H,15,16)/b9-8+/t12-,13-/m1/s1. The molecule has 0 aromatic carbocycles. The average Bonchev–Trinajstić information content (AvgIpc) is 2.33. The number of carbonyl (C=O) groups excluding carboxylic acids is 3. The summed E-state index contributed by atoms with van der Waals surface area (Å²) in [5.41, 5.74) is 0. The molecule has 0 radical (unpaired) electrons. The number of carbonyl (C=O) groups is 3. The first-order chi connectivity index (χ1) is 9.40. The molecule has 0 aliphatic carbocycles. The van der Waals surface area contributed by atoms with Gasteiger partial charge in [0.1, 0.15) is 6.10 Å². The zero-order valence-corrected chi connectivity index (χ0v) is 12.5. The Bertz CT molecular complexity index is 365. The lowest BCUT2D eigenvalue weighted by molar-refractivity contribution is -0.146. The molecule has 0 saturated carbocycles. The lowest BCUT2D eigenvalue weighted by Gasteiger charge is -2.24. The van der Waals surface area contributed by atoms with Gasteiger partial charge >= 0.3 is 11.9 Å². The molecule has 0 aromatic heterocycles. The van der Waals surface area contributed by atoms with Crippen LogP contribution in [0.5, 0.6) is 0 Å². The minimum Gasteiger partial charge on any atom is -0.463 e.